The van der Waals surface area contributed by atoms with Crippen LogP contribution in [0.3, 0.4) is 0 Å². The highest BCUT2D eigenvalue weighted by Gasteiger charge is 2.15. The molecule has 0 fully saturated rings. The van der Waals surface area contributed by atoms with Gasteiger partial charge < -0.3 is 19.2 Å². The van der Waals surface area contributed by atoms with Crippen LogP contribution < -0.4 is 14.8 Å². The van der Waals surface area contributed by atoms with Gasteiger partial charge in [0.05, 0.1) is 14.2 Å². The third-order valence-corrected chi connectivity index (χ3v) is 4.06. The lowest BCUT2D eigenvalue weighted by Gasteiger charge is -2.09. The molecule has 1 aromatic heterocycles. The average Bonchev–Trinajstić information content (AvgIpc) is 3.18. The molecule has 1 N–H and O–H groups in total. The number of rotatable bonds is 7. The van der Waals surface area contributed by atoms with E-state index in [2.05, 4.69) is 15.5 Å². The number of hydrogen-bond acceptors (Lipinski definition) is 6. The molecule has 3 rings (SSSR count). The SMILES string of the molecule is COc1ccc(CCNC(=O)c2nnc(-c3ccc(C)cc3)o2)cc1OC. The molecular weight excluding hydrogens is 346 g/mol. The summed E-state index contributed by atoms with van der Waals surface area (Å²) in [6.45, 7) is 2.42. The summed E-state index contributed by atoms with van der Waals surface area (Å²) in [6.07, 6.45) is 0.630. The van der Waals surface area contributed by atoms with Gasteiger partial charge in [0.2, 0.25) is 5.89 Å². The van der Waals surface area contributed by atoms with Gasteiger partial charge in [0, 0.05) is 12.1 Å². The standard InChI is InChI=1S/C20H21N3O4/c1-13-4-7-15(8-5-13)19-22-23-20(27-19)18(24)21-11-10-14-6-9-16(25-2)17(12-14)26-3/h4-9,12H,10-11H2,1-3H3,(H,21,24). The van der Waals surface area contributed by atoms with Crippen molar-refractivity contribution < 1.29 is 18.7 Å². The first kappa shape index (κ1) is 18.4. The van der Waals surface area contributed by atoms with Crippen LogP contribution in [0.4, 0.5) is 0 Å². The summed E-state index contributed by atoms with van der Waals surface area (Å²) in [6, 6.07) is 13.3. The van der Waals surface area contributed by atoms with Crippen LogP contribution >= 0.6 is 0 Å². The predicted molar refractivity (Wildman–Crippen MR) is 100 cm³/mol. The molecular formula is C20H21N3O4. The minimum Gasteiger partial charge on any atom is -0.493 e. The van der Waals surface area contributed by atoms with Crippen LogP contribution in [-0.2, 0) is 6.42 Å². The fourth-order valence-electron chi connectivity index (χ4n) is 2.56. The van der Waals surface area contributed by atoms with Gasteiger partial charge in [0.15, 0.2) is 11.5 Å². The van der Waals surface area contributed by atoms with Crippen molar-refractivity contribution in [3.05, 3.63) is 59.5 Å². The first-order valence-corrected chi connectivity index (χ1v) is 8.50. The number of ether oxygens (including phenoxy) is 2. The molecule has 0 aliphatic rings. The maximum atomic E-state index is 12.2. The second-order valence-electron chi connectivity index (χ2n) is 5.97. The Morgan fingerprint density at radius 3 is 2.48 bits per heavy atom. The Labute approximate surface area is 157 Å². The molecule has 1 amide bonds. The maximum Gasteiger partial charge on any atom is 0.308 e. The number of nitrogens with zero attached hydrogens (tertiary/aromatic N) is 2. The van der Waals surface area contributed by atoms with Gasteiger partial charge >= 0.3 is 11.8 Å². The molecule has 3 aromatic rings. The van der Waals surface area contributed by atoms with Crippen molar-refractivity contribution in [2.75, 3.05) is 20.8 Å². The zero-order valence-corrected chi connectivity index (χ0v) is 15.5. The van der Waals surface area contributed by atoms with Crippen LogP contribution in [0.25, 0.3) is 11.5 Å². The van der Waals surface area contributed by atoms with E-state index in [0.29, 0.717) is 30.4 Å². The molecule has 0 atom stereocenters. The lowest BCUT2D eigenvalue weighted by Crippen LogP contribution is -2.26. The van der Waals surface area contributed by atoms with Gasteiger partial charge in [0.1, 0.15) is 0 Å². The molecule has 0 aliphatic carbocycles. The van der Waals surface area contributed by atoms with E-state index in [1.54, 1.807) is 14.2 Å². The number of nitrogens with one attached hydrogen (secondary N) is 1. The molecule has 7 nitrogen and oxygen atoms in total. The van der Waals surface area contributed by atoms with Gasteiger partial charge in [-0.3, -0.25) is 4.79 Å². The van der Waals surface area contributed by atoms with Gasteiger partial charge in [0.25, 0.3) is 0 Å². The Balaban J connectivity index is 1.58. The van der Waals surface area contributed by atoms with E-state index in [-0.39, 0.29) is 5.89 Å². The van der Waals surface area contributed by atoms with Gasteiger partial charge in [-0.25, -0.2) is 0 Å². The van der Waals surface area contributed by atoms with Crippen LogP contribution in [-0.4, -0.2) is 36.9 Å². The lowest BCUT2D eigenvalue weighted by molar-refractivity contribution is 0.0920. The average molecular weight is 367 g/mol. The summed E-state index contributed by atoms with van der Waals surface area (Å²) in [5.74, 6) is 1.18. The molecule has 0 radical (unpaired) electrons. The van der Waals surface area contributed by atoms with Crippen molar-refractivity contribution in [3.8, 4) is 23.0 Å². The Morgan fingerprint density at radius 2 is 1.78 bits per heavy atom. The molecule has 7 heteroatoms. The van der Waals surface area contributed by atoms with Crippen molar-refractivity contribution in [2.45, 2.75) is 13.3 Å². The Kier molecular flexibility index (Phi) is 5.71. The second kappa shape index (κ2) is 8.35. The van der Waals surface area contributed by atoms with Crippen LogP contribution in [0.15, 0.2) is 46.9 Å². The number of aryl methyl sites for hydroxylation is 1. The molecule has 0 saturated heterocycles. The molecule has 2 aromatic carbocycles. The number of aromatic nitrogens is 2. The monoisotopic (exact) mass is 367 g/mol. The third-order valence-electron chi connectivity index (χ3n) is 4.06. The van der Waals surface area contributed by atoms with E-state index in [4.69, 9.17) is 13.9 Å². The Hall–Kier alpha value is -3.35. The first-order valence-electron chi connectivity index (χ1n) is 8.50. The molecule has 140 valence electrons. The third kappa shape index (κ3) is 4.44. The zero-order valence-electron chi connectivity index (χ0n) is 15.5. The summed E-state index contributed by atoms with van der Waals surface area (Å²) in [7, 11) is 3.18. The van der Waals surface area contributed by atoms with E-state index in [0.717, 1.165) is 16.7 Å². The summed E-state index contributed by atoms with van der Waals surface area (Å²) < 4.78 is 16.0. The molecule has 0 unspecified atom stereocenters. The minimum atomic E-state index is -0.402. The molecule has 0 aliphatic heterocycles. The van der Waals surface area contributed by atoms with E-state index < -0.39 is 5.91 Å². The molecule has 27 heavy (non-hydrogen) atoms. The van der Waals surface area contributed by atoms with Gasteiger partial charge in [-0.2, -0.15) is 0 Å². The summed E-state index contributed by atoms with van der Waals surface area (Å²) in [4.78, 5) is 12.2. The quantitative estimate of drug-likeness (QED) is 0.691. The number of carbonyl (C=O) groups is 1. The number of hydrogen-bond donors (Lipinski definition) is 1. The number of methoxy groups -OCH3 is 2. The Morgan fingerprint density at radius 1 is 1.04 bits per heavy atom. The molecule has 0 bridgehead atoms. The van der Waals surface area contributed by atoms with E-state index in [1.165, 1.54) is 0 Å². The summed E-state index contributed by atoms with van der Waals surface area (Å²) >= 11 is 0. The summed E-state index contributed by atoms with van der Waals surface area (Å²) in [5, 5.41) is 10.5. The van der Waals surface area contributed by atoms with Crippen molar-refractivity contribution in [3.63, 3.8) is 0 Å². The smallest absolute Gasteiger partial charge is 0.308 e. The van der Waals surface area contributed by atoms with E-state index in [9.17, 15) is 4.79 Å². The fourth-order valence-corrected chi connectivity index (χ4v) is 2.56. The van der Waals surface area contributed by atoms with Gasteiger partial charge in [-0.05, 0) is 43.2 Å². The van der Waals surface area contributed by atoms with E-state index >= 15 is 0 Å². The van der Waals surface area contributed by atoms with Crippen molar-refractivity contribution in [1.82, 2.24) is 15.5 Å². The van der Waals surface area contributed by atoms with Crippen molar-refractivity contribution in [1.29, 1.82) is 0 Å². The first-order chi connectivity index (χ1) is 13.1. The lowest BCUT2D eigenvalue weighted by atomic mass is 10.1. The highest BCUT2D eigenvalue weighted by Crippen LogP contribution is 2.27. The highest BCUT2D eigenvalue weighted by atomic mass is 16.5. The topological polar surface area (TPSA) is 86.5 Å². The van der Waals surface area contributed by atoms with Crippen LogP contribution in [0, 0.1) is 6.92 Å². The van der Waals surface area contributed by atoms with Crippen LogP contribution in [0.5, 0.6) is 11.5 Å². The van der Waals surface area contributed by atoms with Crippen LogP contribution in [0.2, 0.25) is 0 Å². The normalized spacial score (nSPS) is 10.5. The predicted octanol–water partition coefficient (Wildman–Crippen LogP) is 3.03. The fraction of sp³-hybridized carbons (Fsp3) is 0.250. The summed E-state index contributed by atoms with van der Waals surface area (Å²) in [5.41, 5.74) is 2.92. The zero-order chi connectivity index (χ0) is 19.2. The number of amides is 1. The molecule has 0 spiro atoms. The van der Waals surface area contributed by atoms with Crippen molar-refractivity contribution in [2.24, 2.45) is 0 Å². The number of benzene rings is 2. The second-order valence-corrected chi connectivity index (χ2v) is 5.97. The Bertz CT molecular complexity index is 919. The van der Waals surface area contributed by atoms with E-state index in [1.807, 2.05) is 49.4 Å². The van der Waals surface area contributed by atoms with Gasteiger partial charge in [-0.15, -0.1) is 10.2 Å². The van der Waals surface area contributed by atoms with Crippen LogP contribution in [0.1, 0.15) is 21.8 Å². The molecule has 0 saturated carbocycles. The van der Waals surface area contributed by atoms with Gasteiger partial charge in [-0.1, -0.05) is 23.8 Å². The number of carbonyl (C=O) groups excluding carboxylic acids is 1. The highest BCUT2D eigenvalue weighted by molar-refractivity contribution is 5.89. The minimum absolute atomic E-state index is 0.0575. The maximum absolute atomic E-state index is 12.2. The molecule has 1 heterocycles. The van der Waals surface area contributed by atoms with Crippen molar-refractivity contribution >= 4 is 5.91 Å². The largest absolute Gasteiger partial charge is 0.493 e.